The summed E-state index contributed by atoms with van der Waals surface area (Å²) in [6.07, 6.45) is 4.42. The number of methoxy groups -OCH3 is 1. The third kappa shape index (κ3) is 2.07. The minimum Gasteiger partial charge on any atom is -0.490 e. The predicted molar refractivity (Wildman–Crippen MR) is 57.0 cm³/mol. The molecule has 16 heavy (non-hydrogen) atoms. The van der Waals surface area contributed by atoms with Crippen LogP contribution in [0.1, 0.15) is 0 Å². The van der Waals surface area contributed by atoms with E-state index in [2.05, 4.69) is 20.4 Å². The molecule has 0 saturated heterocycles. The number of oxazole rings is 1. The zero-order valence-electron chi connectivity index (χ0n) is 8.38. The normalized spacial score (nSPS) is 10.1. The van der Waals surface area contributed by atoms with Gasteiger partial charge in [-0.3, -0.25) is 0 Å². The molecule has 2 aromatic heterocycles. The first-order valence-corrected chi connectivity index (χ1v) is 5.09. The maximum atomic E-state index is 5.30. The Morgan fingerprint density at radius 1 is 1.44 bits per heavy atom. The standard InChI is InChI=1S/C8H9N5O2S/c1-14-5-6(13-9)11-4-12-7(5)16-8-10-2-3-15-8/h2-4H,9H2,1H3,(H,11,12,13). The lowest BCUT2D eigenvalue weighted by molar-refractivity contribution is 0.399. The van der Waals surface area contributed by atoms with Gasteiger partial charge in [0.25, 0.3) is 5.22 Å². The fourth-order valence-corrected chi connectivity index (χ4v) is 1.82. The third-order valence-corrected chi connectivity index (χ3v) is 2.57. The molecule has 0 bridgehead atoms. The Morgan fingerprint density at radius 2 is 2.31 bits per heavy atom. The van der Waals surface area contributed by atoms with Crippen molar-refractivity contribution in [1.82, 2.24) is 15.0 Å². The largest absolute Gasteiger partial charge is 0.490 e. The van der Waals surface area contributed by atoms with E-state index >= 15 is 0 Å². The molecule has 8 heteroatoms. The fourth-order valence-electron chi connectivity index (χ4n) is 1.06. The number of ether oxygens (including phenoxy) is 1. The van der Waals surface area contributed by atoms with Crippen LogP contribution in [0, 0.1) is 0 Å². The summed E-state index contributed by atoms with van der Waals surface area (Å²) in [5.41, 5.74) is 2.43. The summed E-state index contributed by atoms with van der Waals surface area (Å²) in [6, 6.07) is 0. The van der Waals surface area contributed by atoms with Gasteiger partial charge in [-0.25, -0.2) is 20.8 Å². The van der Waals surface area contributed by atoms with Crippen molar-refractivity contribution in [3.05, 3.63) is 18.8 Å². The van der Waals surface area contributed by atoms with E-state index in [1.165, 1.54) is 31.5 Å². The number of nitrogens with one attached hydrogen (secondary N) is 1. The molecule has 2 aromatic rings. The van der Waals surface area contributed by atoms with Crippen molar-refractivity contribution >= 4 is 17.6 Å². The van der Waals surface area contributed by atoms with Crippen LogP contribution in [0.2, 0.25) is 0 Å². The number of nitrogens with two attached hydrogens (primary N) is 1. The van der Waals surface area contributed by atoms with Gasteiger partial charge in [-0.1, -0.05) is 0 Å². The van der Waals surface area contributed by atoms with Gasteiger partial charge in [0.2, 0.25) is 0 Å². The Balaban J connectivity index is 2.33. The Morgan fingerprint density at radius 3 is 2.94 bits per heavy atom. The van der Waals surface area contributed by atoms with Crippen LogP contribution < -0.4 is 16.0 Å². The monoisotopic (exact) mass is 239 g/mol. The van der Waals surface area contributed by atoms with E-state index < -0.39 is 0 Å². The van der Waals surface area contributed by atoms with Crippen molar-refractivity contribution in [1.29, 1.82) is 0 Å². The minimum absolute atomic E-state index is 0.409. The highest BCUT2D eigenvalue weighted by Crippen LogP contribution is 2.35. The van der Waals surface area contributed by atoms with Gasteiger partial charge in [0, 0.05) is 0 Å². The maximum Gasteiger partial charge on any atom is 0.262 e. The Labute approximate surface area is 95.4 Å². The molecule has 0 fully saturated rings. The van der Waals surface area contributed by atoms with Crippen LogP contribution in [0.15, 0.2) is 33.5 Å². The highest BCUT2D eigenvalue weighted by Gasteiger charge is 2.14. The van der Waals surface area contributed by atoms with Gasteiger partial charge in [0.1, 0.15) is 12.6 Å². The van der Waals surface area contributed by atoms with Crippen molar-refractivity contribution in [3.63, 3.8) is 0 Å². The van der Waals surface area contributed by atoms with Gasteiger partial charge in [-0.2, -0.15) is 0 Å². The van der Waals surface area contributed by atoms with Crippen LogP contribution in [0.4, 0.5) is 5.82 Å². The minimum atomic E-state index is 0.409. The van der Waals surface area contributed by atoms with E-state index in [1.54, 1.807) is 6.20 Å². The van der Waals surface area contributed by atoms with Crippen molar-refractivity contribution in [2.24, 2.45) is 5.84 Å². The molecule has 0 saturated carbocycles. The number of aromatic nitrogens is 3. The summed E-state index contributed by atoms with van der Waals surface area (Å²) in [6.45, 7) is 0. The van der Waals surface area contributed by atoms with Crippen LogP contribution in [0.3, 0.4) is 0 Å². The summed E-state index contributed by atoms with van der Waals surface area (Å²) in [7, 11) is 1.51. The van der Waals surface area contributed by atoms with Gasteiger partial charge in [0.05, 0.1) is 13.3 Å². The molecule has 0 spiro atoms. The van der Waals surface area contributed by atoms with Crippen molar-refractivity contribution in [2.75, 3.05) is 12.5 Å². The highest BCUT2D eigenvalue weighted by atomic mass is 32.2. The quantitative estimate of drug-likeness (QED) is 0.461. The second-order valence-electron chi connectivity index (χ2n) is 2.61. The van der Waals surface area contributed by atoms with Crippen molar-refractivity contribution in [2.45, 2.75) is 10.2 Å². The Hall–Kier alpha value is -1.80. The molecule has 0 atom stereocenters. The average molecular weight is 239 g/mol. The van der Waals surface area contributed by atoms with Crippen molar-refractivity contribution in [3.8, 4) is 5.75 Å². The summed E-state index contributed by atoms with van der Waals surface area (Å²) >= 11 is 1.23. The molecule has 7 nitrogen and oxygen atoms in total. The van der Waals surface area contributed by atoms with E-state index in [0.717, 1.165) is 0 Å². The topological polar surface area (TPSA) is 99.1 Å². The molecule has 0 aliphatic carbocycles. The zero-order chi connectivity index (χ0) is 11.4. The predicted octanol–water partition coefficient (Wildman–Crippen LogP) is 0.910. The Bertz CT molecular complexity index is 461. The molecule has 84 valence electrons. The van der Waals surface area contributed by atoms with Crippen LogP contribution in [0.25, 0.3) is 0 Å². The Kier molecular flexibility index (Phi) is 3.22. The molecule has 0 aliphatic heterocycles. The lowest BCUT2D eigenvalue weighted by Gasteiger charge is -2.08. The lowest BCUT2D eigenvalue weighted by atomic mass is 10.5. The first-order valence-electron chi connectivity index (χ1n) is 4.28. The van der Waals surface area contributed by atoms with Gasteiger partial charge in [-0.15, -0.1) is 0 Å². The zero-order valence-corrected chi connectivity index (χ0v) is 9.19. The molecule has 0 amide bonds. The average Bonchev–Trinajstić information content (AvgIpc) is 2.81. The van der Waals surface area contributed by atoms with E-state index in [9.17, 15) is 0 Å². The van der Waals surface area contributed by atoms with Gasteiger partial charge < -0.3 is 14.6 Å². The highest BCUT2D eigenvalue weighted by molar-refractivity contribution is 7.99. The second kappa shape index (κ2) is 4.81. The lowest BCUT2D eigenvalue weighted by Crippen LogP contribution is -2.10. The summed E-state index contributed by atoms with van der Waals surface area (Å²) in [5.74, 6) is 6.16. The molecule has 3 N–H and O–H groups in total. The molecular weight excluding hydrogens is 230 g/mol. The number of anilines is 1. The van der Waals surface area contributed by atoms with E-state index in [4.69, 9.17) is 15.0 Å². The van der Waals surface area contributed by atoms with Crippen LogP contribution in [-0.2, 0) is 0 Å². The maximum absolute atomic E-state index is 5.30. The fraction of sp³-hybridized carbons (Fsp3) is 0.125. The molecule has 0 unspecified atom stereocenters. The summed E-state index contributed by atoms with van der Waals surface area (Å²) in [5, 5.41) is 1.05. The van der Waals surface area contributed by atoms with Crippen LogP contribution >= 0.6 is 11.8 Å². The number of nitrogen functional groups attached to an aromatic ring is 1. The van der Waals surface area contributed by atoms with Gasteiger partial charge in [0.15, 0.2) is 16.6 Å². The first-order chi connectivity index (χ1) is 7.85. The van der Waals surface area contributed by atoms with Crippen LogP contribution in [0.5, 0.6) is 5.75 Å². The SMILES string of the molecule is COc1c(NN)ncnc1Sc1ncco1. The first kappa shape index (κ1) is 10.7. The smallest absolute Gasteiger partial charge is 0.262 e. The number of hydrazine groups is 1. The number of hydrogen-bond acceptors (Lipinski definition) is 8. The molecule has 0 aromatic carbocycles. The van der Waals surface area contributed by atoms with E-state index in [1.807, 2.05) is 0 Å². The van der Waals surface area contributed by atoms with Crippen molar-refractivity contribution < 1.29 is 9.15 Å². The van der Waals surface area contributed by atoms with Gasteiger partial charge >= 0.3 is 0 Å². The molecule has 2 heterocycles. The summed E-state index contributed by atoms with van der Waals surface area (Å²) in [4.78, 5) is 12.0. The van der Waals surface area contributed by atoms with Crippen LogP contribution in [-0.4, -0.2) is 22.1 Å². The molecule has 2 rings (SSSR count). The second-order valence-corrected chi connectivity index (χ2v) is 3.55. The van der Waals surface area contributed by atoms with Gasteiger partial charge in [-0.05, 0) is 11.8 Å². The number of hydrogen-bond donors (Lipinski definition) is 2. The summed E-state index contributed by atoms with van der Waals surface area (Å²) < 4.78 is 10.3. The molecular formula is C8H9N5O2S. The number of nitrogens with zero attached hydrogens (tertiary/aromatic N) is 3. The molecule has 0 radical (unpaired) electrons. The number of rotatable bonds is 4. The van der Waals surface area contributed by atoms with E-state index in [0.29, 0.717) is 21.8 Å². The third-order valence-electron chi connectivity index (χ3n) is 1.71. The molecule has 0 aliphatic rings. The van der Waals surface area contributed by atoms with E-state index in [-0.39, 0.29) is 0 Å².